The third kappa shape index (κ3) is 4.62. The van der Waals surface area contributed by atoms with E-state index in [1.165, 1.54) is 49.5 Å². The monoisotopic (exact) mass is 483 g/mol. The number of hydrogen-bond acceptors (Lipinski definition) is 7. The smallest absolute Gasteiger partial charge is 0.263 e. The Morgan fingerprint density at radius 1 is 1.26 bits per heavy atom. The summed E-state index contributed by atoms with van der Waals surface area (Å²) in [5, 5.41) is 3.97. The molecule has 1 saturated heterocycles. The number of hydrogen-bond donors (Lipinski definition) is 1. The minimum Gasteiger partial charge on any atom is -0.489 e. The summed E-state index contributed by atoms with van der Waals surface area (Å²) in [7, 11) is 2.21. The van der Waals surface area contributed by atoms with E-state index >= 15 is 0 Å². The van der Waals surface area contributed by atoms with Crippen molar-refractivity contribution in [2.45, 2.75) is 58.5 Å². The van der Waals surface area contributed by atoms with Crippen molar-refractivity contribution in [1.29, 1.82) is 0 Å². The molecule has 0 saturated carbocycles. The summed E-state index contributed by atoms with van der Waals surface area (Å²) in [6.45, 7) is 13.5. The number of anilines is 3. The Kier molecular flexibility index (Phi) is 6.23. The van der Waals surface area contributed by atoms with Crippen molar-refractivity contribution in [3.05, 3.63) is 28.8 Å². The topological polar surface area (TPSA) is 60.9 Å². The fraction of sp³-hybridized carbons (Fsp3) is 0.615. The molecule has 8 heteroatoms. The molecular weight excluding hydrogens is 446 g/mol. The van der Waals surface area contributed by atoms with E-state index in [0.29, 0.717) is 12.6 Å². The summed E-state index contributed by atoms with van der Waals surface area (Å²) < 4.78 is 6.09. The normalized spacial score (nSPS) is 20.5. The van der Waals surface area contributed by atoms with Crippen LogP contribution in [0.5, 0.6) is 5.75 Å². The lowest BCUT2D eigenvalue weighted by Crippen LogP contribution is -2.48. The minimum absolute atomic E-state index is 0.0140. The highest BCUT2D eigenvalue weighted by molar-refractivity contribution is 7.17. The standard InChI is InChI=1S/C26H37N5O2S/c1-17(2)16-30-10-8-18(9-11-30)29(5)19-6-7-21-22(14-19)33-13-12-31(21)25-27-20-15-26(3,4)28-24(32)23(20)34-25/h6-7,14,17-18H,8-13,15-16H2,1-5H3,(H,28,32). The predicted octanol–water partition coefficient (Wildman–Crippen LogP) is 4.29. The number of carbonyl (C=O) groups is 1. The Labute approximate surface area is 207 Å². The summed E-state index contributed by atoms with van der Waals surface area (Å²) in [5.41, 5.74) is 2.87. The average Bonchev–Trinajstić information content (AvgIpc) is 3.21. The van der Waals surface area contributed by atoms with E-state index in [1.807, 2.05) is 13.8 Å². The van der Waals surface area contributed by atoms with Crippen LogP contribution in [0.2, 0.25) is 0 Å². The van der Waals surface area contributed by atoms with Crippen molar-refractivity contribution in [3.8, 4) is 5.75 Å². The van der Waals surface area contributed by atoms with Crippen molar-refractivity contribution < 1.29 is 9.53 Å². The van der Waals surface area contributed by atoms with Gasteiger partial charge in [0, 0.05) is 56.4 Å². The minimum atomic E-state index is -0.261. The molecule has 1 fully saturated rings. The van der Waals surface area contributed by atoms with Gasteiger partial charge in [0.05, 0.1) is 17.9 Å². The Morgan fingerprint density at radius 2 is 2.03 bits per heavy atom. The van der Waals surface area contributed by atoms with Gasteiger partial charge in [-0.25, -0.2) is 4.98 Å². The second-order valence-electron chi connectivity index (χ2n) is 11.0. The maximum Gasteiger partial charge on any atom is 0.263 e. The first-order valence-corrected chi connectivity index (χ1v) is 13.3. The van der Waals surface area contributed by atoms with Crippen LogP contribution in [0, 0.1) is 5.92 Å². The van der Waals surface area contributed by atoms with E-state index in [-0.39, 0.29) is 11.4 Å². The first-order valence-electron chi connectivity index (χ1n) is 12.5. The zero-order valence-electron chi connectivity index (χ0n) is 21.1. The highest BCUT2D eigenvalue weighted by Gasteiger charge is 2.35. The zero-order chi connectivity index (χ0) is 24.0. The number of nitrogens with zero attached hydrogens (tertiary/aromatic N) is 4. The first kappa shape index (κ1) is 23.4. The zero-order valence-corrected chi connectivity index (χ0v) is 21.9. The van der Waals surface area contributed by atoms with Gasteiger partial charge in [-0.1, -0.05) is 25.2 Å². The molecule has 0 atom stereocenters. The third-order valence-corrected chi connectivity index (χ3v) is 8.25. The van der Waals surface area contributed by atoms with Crippen LogP contribution in [0.3, 0.4) is 0 Å². The lowest BCUT2D eigenvalue weighted by molar-refractivity contribution is 0.0901. The second-order valence-corrected chi connectivity index (χ2v) is 12.0. The molecule has 0 spiro atoms. The number of nitrogens with one attached hydrogen (secondary N) is 1. The van der Waals surface area contributed by atoms with Gasteiger partial charge in [0.1, 0.15) is 17.2 Å². The number of piperidine rings is 1. The number of rotatable bonds is 5. The van der Waals surface area contributed by atoms with Crippen molar-refractivity contribution in [1.82, 2.24) is 15.2 Å². The highest BCUT2D eigenvalue weighted by Crippen LogP contribution is 2.42. The molecule has 0 bridgehead atoms. The lowest BCUT2D eigenvalue weighted by Gasteiger charge is -2.39. The number of fused-ring (bicyclic) bond motifs is 2. The number of amides is 1. The van der Waals surface area contributed by atoms with Gasteiger partial charge in [0.2, 0.25) is 0 Å². The summed E-state index contributed by atoms with van der Waals surface area (Å²) in [5.74, 6) is 1.60. The number of likely N-dealkylation sites (tertiary alicyclic amines) is 1. The molecule has 184 valence electrons. The van der Waals surface area contributed by atoms with E-state index in [4.69, 9.17) is 9.72 Å². The molecule has 3 aliphatic rings. The van der Waals surface area contributed by atoms with Crippen LogP contribution in [0.25, 0.3) is 0 Å². The predicted molar refractivity (Wildman–Crippen MR) is 139 cm³/mol. The number of thiazole rings is 1. The highest BCUT2D eigenvalue weighted by atomic mass is 32.1. The van der Waals surface area contributed by atoms with Crippen LogP contribution in [-0.2, 0) is 6.42 Å². The molecule has 0 unspecified atom stereocenters. The molecule has 0 radical (unpaired) electrons. The molecular formula is C26H37N5O2S. The third-order valence-electron chi connectivity index (χ3n) is 7.13. The molecule has 0 aliphatic carbocycles. The fourth-order valence-electron chi connectivity index (χ4n) is 5.42. The van der Waals surface area contributed by atoms with E-state index < -0.39 is 0 Å². The summed E-state index contributed by atoms with van der Waals surface area (Å²) in [6.07, 6.45) is 3.13. The van der Waals surface area contributed by atoms with Crippen LogP contribution in [-0.4, -0.2) is 67.2 Å². The second kappa shape index (κ2) is 9.04. The first-order chi connectivity index (χ1) is 16.2. The Bertz CT molecular complexity index is 1060. The van der Waals surface area contributed by atoms with E-state index in [2.05, 4.69) is 59.1 Å². The largest absolute Gasteiger partial charge is 0.489 e. The van der Waals surface area contributed by atoms with Gasteiger partial charge in [-0.2, -0.15) is 0 Å². The lowest BCUT2D eigenvalue weighted by atomic mass is 9.94. The molecule has 3 aliphatic heterocycles. The van der Waals surface area contributed by atoms with E-state index in [0.717, 1.165) is 46.0 Å². The van der Waals surface area contributed by atoms with E-state index in [9.17, 15) is 4.79 Å². The molecule has 5 rings (SSSR count). The van der Waals surface area contributed by atoms with Gasteiger partial charge in [0.15, 0.2) is 5.13 Å². The van der Waals surface area contributed by atoms with Crippen LogP contribution in [0.1, 0.15) is 55.9 Å². The van der Waals surface area contributed by atoms with Crippen molar-refractivity contribution in [3.63, 3.8) is 0 Å². The average molecular weight is 484 g/mol. The van der Waals surface area contributed by atoms with Gasteiger partial charge >= 0.3 is 0 Å². The summed E-state index contributed by atoms with van der Waals surface area (Å²) in [4.78, 5) is 25.4. The number of benzene rings is 1. The van der Waals surface area contributed by atoms with Crippen molar-refractivity contribution >= 4 is 33.8 Å². The summed E-state index contributed by atoms with van der Waals surface area (Å²) in [6, 6.07) is 7.07. The Morgan fingerprint density at radius 3 is 2.76 bits per heavy atom. The summed E-state index contributed by atoms with van der Waals surface area (Å²) >= 11 is 1.48. The fourth-order valence-corrected chi connectivity index (χ4v) is 6.44. The van der Waals surface area contributed by atoms with Gasteiger partial charge in [-0.3, -0.25) is 4.79 Å². The molecule has 7 nitrogen and oxygen atoms in total. The SMILES string of the molecule is CC(C)CN1CCC(N(C)c2ccc3c(c2)OCCN3c2nc3c(s2)C(=O)NC(C)(C)C3)CC1. The maximum absolute atomic E-state index is 12.6. The van der Waals surface area contributed by atoms with Crippen LogP contribution < -0.4 is 19.9 Å². The quantitative estimate of drug-likeness (QED) is 0.685. The number of carbonyl (C=O) groups excluding carboxylic acids is 1. The van der Waals surface area contributed by atoms with Crippen LogP contribution in [0.4, 0.5) is 16.5 Å². The van der Waals surface area contributed by atoms with Gasteiger partial charge in [-0.05, 0) is 44.7 Å². The Balaban J connectivity index is 1.33. The van der Waals surface area contributed by atoms with Crippen molar-refractivity contribution in [2.24, 2.45) is 5.92 Å². The molecule has 1 aromatic heterocycles. The molecule has 4 heterocycles. The van der Waals surface area contributed by atoms with Crippen molar-refractivity contribution in [2.75, 3.05) is 49.6 Å². The van der Waals surface area contributed by atoms with Gasteiger partial charge in [0.25, 0.3) is 5.91 Å². The molecule has 34 heavy (non-hydrogen) atoms. The van der Waals surface area contributed by atoms with Crippen LogP contribution >= 0.6 is 11.3 Å². The number of aromatic nitrogens is 1. The molecule has 1 N–H and O–H groups in total. The maximum atomic E-state index is 12.6. The van der Waals surface area contributed by atoms with Gasteiger partial charge < -0.3 is 24.8 Å². The van der Waals surface area contributed by atoms with Gasteiger partial charge in [-0.15, -0.1) is 0 Å². The molecule has 2 aromatic rings. The van der Waals surface area contributed by atoms with Crippen LogP contribution in [0.15, 0.2) is 18.2 Å². The molecule has 1 aromatic carbocycles. The van der Waals surface area contributed by atoms with E-state index in [1.54, 1.807) is 0 Å². The number of ether oxygens (including phenoxy) is 1. The Hall–Kier alpha value is -2.32. The molecule has 1 amide bonds.